The first-order valence-electron chi connectivity index (χ1n) is 13.6. The van der Waals surface area contributed by atoms with E-state index >= 15 is 0 Å². The van der Waals surface area contributed by atoms with Crippen LogP contribution in [0.3, 0.4) is 0 Å². The predicted molar refractivity (Wildman–Crippen MR) is 162 cm³/mol. The molecular weight excluding hydrogens is 574 g/mol. The SMILES string of the molecule is CNC(=O)c1c(-c2ccc(Oc3ccc(C)cc3)cc2)oc2cc3c(cc12)[C@H](C)O[C@H](COC(=O)CN)CN3S(C)(=O)=O. The third-order valence-electron chi connectivity index (χ3n) is 7.13. The summed E-state index contributed by atoms with van der Waals surface area (Å²) in [5.41, 5.74) is 8.59. The summed E-state index contributed by atoms with van der Waals surface area (Å²) in [4.78, 5) is 24.8. The van der Waals surface area contributed by atoms with Crippen molar-refractivity contribution in [1.29, 1.82) is 0 Å². The van der Waals surface area contributed by atoms with Crippen molar-refractivity contribution in [3.8, 4) is 22.8 Å². The number of amides is 1. The normalized spacial score (nSPS) is 16.8. The third kappa shape index (κ3) is 6.36. The average Bonchev–Trinajstić information content (AvgIpc) is 3.29. The minimum Gasteiger partial charge on any atom is -0.462 e. The van der Waals surface area contributed by atoms with E-state index in [0.717, 1.165) is 11.8 Å². The van der Waals surface area contributed by atoms with Crippen LogP contribution in [0, 0.1) is 6.92 Å². The molecule has 2 atom stereocenters. The average molecular weight is 608 g/mol. The standard InChI is InChI=1S/C31H33N3O8S/c1-18-5-9-21(10-6-18)41-22-11-7-20(8-12-22)30-29(31(36)33-3)25-13-24-19(2)40-23(17-39-28(35)15-32)16-34(43(4,37)38)26(24)14-27(25)42-30/h5-14,19,23H,15-17,32H2,1-4H3,(H,33,36)/t19-,23-/m0/s1. The molecule has 0 unspecified atom stereocenters. The number of nitrogens with two attached hydrogens (primary N) is 1. The van der Waals surface area contributed by atoms with Crippen LogP contribution in [-0.4, -0.2) is 59.4 Å². The molecule has 1 amide bonds. The Labute approximate surface area is 249 Å². The molecule has 226 valence electrons. The van der Waals surface area contributed by atoms with E-state index in [0.29, 0.717) is 50.6 Å². The smallest absolute Gasteiger partial charge is 0.319 e. The van der Waals surface area contributed by atoms with Crippen LogP contribution in [0.1, 0.15) is 34.5 Å². The molecule has 5 rings (SSSR count). The monoisotopic (exact) mass is 607 g/mol. The number of hydrogen-bond donors (Lipinski definition) is 2. The van der Waals surface area contributed by atoms with Gasteiger partial charge in [0.2, 0.25) is 10.0 Å². The van der Waals surface area contributed by atoms with Crippen LogP contribution in [-0.2, 0) is 24.3 Å². The first-order valence-corrected chi connectivity index (χ1v) is 15.5. The number of benzene rings is 3. The second kappa shape index (κ2) is 12.1. The maximum Gasteiger partial charge on any atom is 0.319 e. The number of furan rings is 1. The Bertz CT molecular complexity index is 1770. The molecule has 1 aliphatic rings. The number of fused-ring (bicyclic) bond motifs is 2. The fourth-order valence-corrected chi connectivity index (χ4v) is 5.95. The second-order valence-corrected chi connectivity index (χ2v) is 12.2. The Morgan fingerprint density at radius 2 is 1.72 bits per heavy atom. The summed E-state index contributed by atoms with van der Waals surface area (Å²) in [5, 5.41) is 3.17. The Kier molecular flexibility index (Phi) is 8.45. The van der Waals surface area contributed by atoms with Crippen LogP contribution < -0.4 is 20.1 Å². The van der Waals surface area contributed by atoms with Crippen LogP contribution in [0.25, 0.3) is 22.3 Å². The van der Waals surface area contributed by atoms with E-state index in [1.165, 1.54) is 11.4 Å². The van der Waals surface area contributed by atoms with Crippen LogP contribution in [0.15, 0.2) is 65.1 Å². The van der Waals surface area contributed by atoms with Crippen molar-refractivity contribution >= 4 is 38.6 Å². The molecule has 3 N–H and O–H groups in total. The van der Waals surface area contributed by atoms with Gasteiger partial charge >= 0.3 is 5.97 Å². The molecule has 0 bridgehead atoms. The lowest BCUT2D eigenvalue weighted by Crippen LogP contribution is -2.39. The molecule has 0 radical (unpaired) electrons. The molecule has 1 aromatic heterocycles. The van der Waals surface area contributed by atoms with Crippen LogP contribution >= 0.6 is 0 Å². The number of ether oxygens (including phenoxy) is 3. The quantitative estimate of drug-likeness (QED) is 0.280. The summed E-state index contributed by atoms with van der Waals surface area (Å²) < 4.78 is 50.6. The van der Waals surface area contributed by atoms with Crippen molar-refractivity contribution < 1.29 is 36.6 Å². The number of hydrogen-bond acceptors (Lipinski definition) is 9. The van der Waals surface area contributed by atoms with Crippen LogP contribution in [0.4, 0.5) is 5.69 Å². The topological polar surface area (TPSA) is 150 Å². The van der Waals surface area contributed by atoms with Crippen LogP contribution in [0.5, 0.6) is 11.5 Å². The number of sulfonamides is 1. The van der Waals surface area contributed by atoms with Gasteiger partial charge in [0.25, 0.3) is 5.91 Å². The summed E-state index contributed by atoms with van der Waals surface area (Å²) in [6.45, 7) is 3.19. The fraction of sp³-hybridized carbons (Fsp3) is 0.290. The number of carbonyl (C=O) groups excluding carboxylic acids is 2. The first kappa shape index (κ1) is 30.1. The highest BCUT2D eigenvalue weighted by atomic mass is 32.2. The first-order chi connectivity index (χ1) is 20.5. The Morgan fingerprint density at radius 3 is 2.33 bits per heavy atom. The molecule has 4 aromatic rings. The van der Waals surface area contributed by atoms with Gasteiger partial charge in [0.1, 0.15) is 35.6 Å². The summed E-state index contributed by atoms with van der Waals surface area (Å²) in [5.74, 6) is 0.628. The van der Waals surface area contributed by atoms with E-state index in [1.54, 1.807) is 43.3 Å². The molecule has 0 spiro atoms. The zero-order valence-electron chi connectivity index (χ0n) is 24.2. The number of carbonyl (C=O) groups is 2. The maximum atomic E-state index is 13.2. The summed E-state index contributed by atoms with van der Waals surface area (Å²) >= 11 is 0. The Hall–Kier alpha value is -4.39. The molecule has 2 heterocycles. The third-order valence-corrected chi connectivity index (χ3v) is 8.28. The van der Waals surface area contributed by atoms with Gasteiger partial charge in [-0.25, -0.2) is 8.42 Å². The fourth-order valence-electron chi connectivity index (χ4n) is 5.00. The van der Waals surface area contributed by atoms with Gasteiger partial charge in [0, 0.05) is 29.6 Å². The predicted octanol–water partition coefficient (Wildman–Crippen LogP) is 4.29. The molecule has 0 saturated heterocycles. The summed E-state index contributed by atoms with van der Waals surface area (Å²) in [6.07, 6.45) is -0.278. The van der Waals surface area contributed by atoms with Gasteiger partial charge in [-0.1, -0.05) is 17.7 Å². The Morgan fingerprint density at radius 1 is 1.07 bits per heavy atom. The molecular formula is C31H33N3O8S. The highest BCUT2D eigenvalue weighted by Crippen LogP contribution is 2.42. The second-order valence-electron chi connectivity index (χ2n) is 10.3. The van der Waals surface area contributed by atoms with Crippen molar-refractivity contribution in [3.63, 3.8) is 0 Å². The maximum absolute atomic E-state index is 13.2. The van der Waals surface area contributed by atoms with Gasteiger partial charge in [0.05, 0.1) is 36.7 Å². The number of esters is 1. The van der Waals surface area contributed by atoms with E-state index in [9.17, 15) is 18.0 Å². The Balaban J connectivity index is 1.56. The van der Waals surface area contributed by atoms with Gasteiger partial charge in [0.15, 0.2) is 0 Å². The van der Waals surface area contributed by atoms with Gasteiger partial charge in [-0.3, -0.25) is 13.9 Å². The molecule has 0 saturated carbocycles. The molecule has 12 heteroatoms. The zero-order chi connectivity index (χ0) is 30.9. The molecule has 3 aromatic carbocycles. The van der Waals surface area contributed by atoms with Crippen molar-refractivity contribution in [3.05, 3.63) is 77.4 Å². The van der Waals surface area contributed by atoms with Crippen molar-refractivity contribution in [2.45, 2.75) is 26.1 Å². The number of nitrogens with one attached hydrogen (secondary N) is 1. The molecule has 0 fully saturated rings. The minimum absolute atomic E-state index is 0.0994. The van der Waals surface area contributed by atoms with Gasteiger partial charge in [-0.15, -0.1) is 0 Å². The van der Waals surface area contributed by atoms with Crippen molar-refractivity contribution in [2.75, 3.05) is 37.3 Å². The largest absolute Gasteiger partial charge is 0.462 e. The zero-order valence-corrected chi connectivity index (χ0v) is 25.1. The molecule has 0 aliphatic carbocycles. The molecule has 43 heavy (non-hydrogen) atoms. The van der Waals surface area contributed by atoms with Crippen LogP contribution in [0.2, 0.25) is 0 Å². The van der Waals surface area contributed by atoms with Crippen molar-refractivity contribution in [2.24, 2.45) is 5.73 Å². The van der Waals surface area contributed by atoms with Gasteiger partial charge in [-0.05, 0) is 56.3 Å². The van der Waals surface area contributed by atoms with E-state index in [2.05, 4.69) is 5.32 Å². The number of rotatable bonds is 8. The highest BCUT2D eigenvalue weighted by Gasteiger charge is 2.34. The lowest BCUT2D eigenvalue weighted by atomic mass is 10.0. The van der Waals surface area contributed by atoms with Crippen molar-refractivity contribution in [1.82, 2.24) is 5.32 Å². The highest BCUT2D eigenvalue weighted by molar-refractivity contribution is 7.92. The lowest BCUT2D eigenvalue weighted by molar-refractivity contribution is -0.147. The van der Waals surface area contributed by atoms with Gasteiger partial charge < -0.3 is 29.7 Å². The molecule has 11 nitrogen and oxygen atoms in total. The van der Waals surface area contributed by atoms with E-state index in [1.807, 2.05) is 31.2 Å². The minimum atomic E-state index is -3.79. The van der Waals surface area contributed by atoms with E-state index in [-0.39, 0.29) is 25.6 Å². The number of nitrogens with zero attached hydrogens (tertiary/aromatic N) is 1. The molecule has 1 aliphatic heterocycles. The summed E-state index contributed by atoms with van der Waals surface area (Å²) in [6, 6.07) is 18.2. The van der Waals surface area contributed by atoms with Gasteiger partial charge in [-0.2, -0.15) is 0 Å². The van der Waals surface area contributed by atoms with E-state index in [4.69, 9.17) is 24.4 Å². The summed E-state index contributed by atoms with van der Waals surface area (Å²) in [7, 11) is -2.26. The lowest BCUT2D eigenvalue weighted by Gasteiger charge is -2.24. The number of anilines is 1. The van der Waals surface area contributed by atoms with E-state index < -0.39 is 28.2 Å². The number of aryl methyl sites for hydroxylation is 1.